The van der Waals surface area contributed by atoms with Crippen molar-refractivity contribution in [2.45, 2.75) is 147 Å². The third-order valence-electron chi connectivity index (χ3n) is 8.16. The molecule has 7 nitrogen and oxygen atoms in total. The molecule has 0 bridgehead atoms. The van der Waals surface area contributed by atoms with Crippen LogP contribution in [0.25, 0.3) is 0 Å². The summed E-state index contributed by atoms with van der Waals surface area (Å²) in [5.41, 5.74) is 0.991. The topological polar surface area (TPSA) is 88.1 Å². The molecule has 0 aromatic heterocycles. The molecule has 0 radical (unpaired) electrons. The molecule has 0 saturated carbocycles. The summed E-state index contributed by atoms with van der Waals surface area (Å²) < 4.78 is 46.6. The molecule has 2 rings (SSSR count). The summed E-state index contributed by atoms with van der Waals surface area (Å²) in [6, 6.07) is 6.58. The van der Waals surface area contributed by atoms with Crippen LogP contribution in [-0.2, 0) is 33.3 Å². The summed E-state index contributed by atoms with van der Waals surface area (Å²) in [7, 11) is -3.74. The molecule has 0 amide bonds. The second kappa shape index (κ2) is 23.8. The predicted molar refractivity (Wildman–Crippen MR) is 173 cm³/mol. The van der Waals surface area contributed by atoms with Crippen molar-refractivity contribution in [3.63, 3.8) is 0 Å². The predicted octanol–water partition coefficient (Wildman–Crippen LogP) is 8.71. The van der Waals surface area contributed by atoms with Gasteiger partial charge in [-0.2, -0.15) is 8.42 Å². The molecule has 8 heteroatoms. The summed E-state index contributed by atoms with van der Waals surface area (Å²) in [6.07, 6.45) is 22.0. The van der Waals surface area contributed by atoms with Gasteiger partial charge in [0.1, 0.15) is 6.61 Å². The molecule has 1 aliphatic heterocycles. The van der Waals surface area contributed by atoms with E-state index in [-0.39, 0.29) is 30.2 Å². The maximum absolute atomic E-state index is 12.2. The number of unbranched alkanes of at least 4 members (excludes halogenated alkanes) is 15. The van der Waals surface area contributed by atoms with Crippen molar-refractivity contribution in [1.82, 2.24) is 0 Å². The maximum Gasteiger partial charge on any atom is 0.305 e. The number of esters is 1. The summed E-state index contributed by atoms with van der Waals surface area (Å²) in [6.45, 7) is 6.75. The molecular formula is C35H60O7S. The molecule has 2 atom stereocenters. The largest absolute Gasteiger partial charge is 0.463 e. The highest BCUT2D eigenvalue weighted by Crippen LogP contribution is 2.21. The molecule has 1 heterocycles. The number of ether oxygens (including phenoxy) is 3. The number of rotatable bonds is 27. The quantitative estimate of drug-likeness (QED) is 0.0549. The van der Waals surface area contributed by atoms with Gasteiger partial charge < -0.3 is 14.2 Å². The van der Waals surface area contributed by atoms with Gasteiger partial charge >= 0.3 is 5.97 Å². The van der Waals surface area contributed by atoms with Gasteiger partial charge in [0.05, 0.1) is 30.8 Å². The molecule has 248 valence electrons. The van der Waals surface area contributed by atoms with E-state index >= 15 is 0 Å². The van der Waals surface area contributed by atoms with E-state index in [1.807, 2.05) is 6.92 Å². The zero-order valence-electron chi connectivity index (χ0n) is 27.2. The van der Waals surface area contributed by atoms with Crippen molar-refractivity contribution in [2.24, 2.45) is 5.92 Å². The monoisotopic (exact) mass is 624 g/mol. The van der Waals surface area contributed by atoms with E-state index < -0.39 is 10.1 Å². The van der Waals surface area contributed by atoms with Crippen LogP contribution >= 0.6 is 0 Å². The van der Waals surface area contributed by atoms with E-state index in [4.69, 9.17) is 18.4 Å². The van der Waals surface area contributed by atoms with E-state index in [1.165, 1.54) is 83.5 Å². The second-order valence-electron chi connectivity index (χ2n) is 12.3. The number of carbonyl (C=O) groups excluding carboxylic acids is 1. The second-order valence-corrected chi connectivity index (χ2v) is 13.9. The Morgan fingerprint density at radius 3 is 1.95 bits per heavy atom. The molecule has 0 spiro atoms. The van der Waals surface area contributed by atoms with Crippen LogP contribution in [0.5, 0.6) is 0 Å². The Hall–Kier alpha value is -1.48. The third-order valence-corrected chi connectivity index (χ3v) is 9.49. The lowest BCUT2D eigenvalue weighted by atomic mass is 10.0. The number of hydrogen-bond donors (Lipinski definition) is 0. The fourth-order valence-electron chi connectivity index (χ4n) is 5.41. The Bertz CT molecular complexity index is 932. The first-order valence-corrected chi connectivity index (χ1v) is 18.6. The van der Waals surface area contributed by atoms with Gasteiger partial charge in [0.2, 0.25) is 0 Å². The molecular weight excluding hydrogens is 564 g/mol. The van der Waals surface area contributed by atoms with E-state index in [0.29, 0.717) is 44.8 Å². The smallest absolute Gasteiger partial charge is 0.305 e. The van der Waals surface area contributed by atoms with E-state index in [2.05, 4.69) is 6.92 Å². The highest BCUT2D eigenvalue weighted by Gasteiger charge is 2.26. The van der Waals surface area contributed by atoms with Crippen molar-refractivity contribution in [3.05, 3.63) is 29.8 Å². The minimum atomic E-state index is -3.74. The van der Waals surface area contributed by atoms with Gasteiger partial charge in [0.25, 0.3) is 10.1 Å². The Morgan fingerprint density at radius 2 is 1.33 bits per heavy atom. The van der Waals surface area contributed by atoms with E-state index in [0.717, 1.165) is 25.0 Å². The summed E-state index contributed by atoms with van der Waals surface area (Å²) in [4.78, 5) is 12.3. The molecule has 43 heavy (non-hydrogen) atoms. The number of aryl methyl sites for hydroxylation is 1. The van der Waals surface area contributed by atoms with Crippen molar-refractivity contribution in [2.75, 3.05) is 33.0 Å². The van der Waals surface area contributed by atoms with E-state index in [9.17, 15) is 13.2 Å². The minimum Gasteiger partial charge on any atom is -0.463 e. The Balaban J connectivity index is 1.34. The van der Waals surface area contributed by atoms with Gasteiger partial charge in [-0.3, -0.25) is 8.98 Å². The maximum atomic E-state index is 12.2. The third kappa shape index (κ3) is 18.8. The zero-order valence-corrected chi connectivity index (χ0v) is 28.0. The van der Waals surface area contributed by atoms with Crippen LogP contribution in [0.2, 0.25) is 0 Å². The zero-order chi connectivity index (χ0) is 31.0. The van der Waals surface area contributed by atoms with Crippen LogP contribution in [0.4, 0.5) is 0 Å². The number of carbonyl (C=O) groups is 1. The summed E-state index contributed by atoms with van der Waals surface area (Å²) >= 11 is 0. The first-order valence-electron chi connectivity index (χ1n) is 17.2. The summed E-state index contributed by atoms with van der Waals surface area (Å²) in [5.74, 6) is 0.126. The first kappa shape index (κ1) is 37.7. The van der Waals surface area contributed by atoms with Gasteiger partial charge in [0.15, 0.2) is 0 Å². The van der Waals surface area contributed by atoms with Crippen LogP contribution in [0, 0.1) is 12.8 Å². The van der Waals surface area contributed by atoms with Gasteiger partial charge in [-0.25, -0.2) is 0 Å². The SMILES string of the molecule is CCCCCCCCCCCCCCCCOCC1COC(COC(=O)CCCCCOS(=O)(=O)c2ccc(C)cc2)C1. The Labute approximate surface area is 262 Å². The lowest BCUT2D eigenvalue weighted by Crippen LogP contribution is -2.18. The average Bonchev–Trinajstić information content (AvgIpc) is 3.45. The molecule has 1 fully saturated rings. The highest BCUT2D eigenvalue weighted by atomic mass is 32.2. The lowest BCUT2D eigenvalue weighted by molar-refractivity contribution is -0.147. The fourth-order valence-corrected chi connectivity index (χ4v) is 6.35. The molecule has 1 aromatic rings. The summed E-state index contributed by atoms with van der Waals surface area (Å²) in [5, 5.41) is 0. The van der Waals surface area contributed by atoms with Crippen molar-refractivity contribution >= 4 is 16.1 Å². The van der Waals surface area contributed by atoms with Crippen LogP contribution in [-0.4, -0.2) is 53.5 Å². The van der Waals surface area contributed by atoms with Crippen LogP contribution in [0.1, 0.15) is 134 Å². The normalized spacial score (nSPS) is 17.0. The Morgan fingerprint density at radius 1 is 0.767 bits per heavy atom. The van der Waals surface area contributed by atoms with Crippen LogP contribution < -0.4 is 0 Å². The number of benzene rings is 1. The van der Waals surface area contributed by atoms with Crippen molar-refractivity contribution in [1.29, 1.82) is 0 Å². The fraction of sp³-hybridized carbons (Fsp3) is 0.800. The van der Waals surface area contributed by atoms with Gasteiger partial charge in [-0.1, -0.05) is 115 Å². The molecule has 2 unspecified atom stereocenters. The molecule has 1 saturated heterocycles. The van der Waals surface area contributed by atoms with Gasteiger partial charge in [-0.15, -0.1) is 0 Å². The number of hydrogen-bond acceptors (Lipinski definition) is 7. The van der Waals surface area contributed by atoms with Crippen molar-refractivity contribution < 1.29 is 31.6 Å². The minimum absolute atomic E-state index is 0.0565. The van der Waals surface area contributed by atoms with Crippen molar-refractivity contribution in [3.8, 4) is 0 Å². The molecule has 0 aliphatic carbocycles. The standard InChI is InChI=1S/C35H60O7S/c1-3-4-5-6-7-8-9-10-11-12-13-14-15-18-25-39-28-32-27-33(40-29-32)30-41-35(36)20-17-16-19-26-42-43(37,38)34-23-21-31(2)22-24-34/h21-24,32-33H,3-20,25-30H2,1-2H3. The van der Waals surface area contributed by atoms with Gasteiger partial charge in [-0.05, 0) is 44.7 Å². The molecule has 1 aromatic carbocycles. The van der Waals surface area contributed by atoms with Gasteiger partial charge in [0, 0.05) is 18.9 Å². The van der Waals surface area contributed by atoms with E-state index in [1.54, 1.807) is 24.3 Å². The molecule has 1 aliphatic rings. The average molecular weight is 625 g/mol. The van der Waals surface area contributed by atoms with Crippen LogP contribution in [0.15, 0.2) is 29.2 Å². The molecule has 0 N–H and O–H groups in total. The highest BCUT2D eigenvalue weighted by molar-refractivity contribution is 7.86. The lowest BCUT2D eigenvalue weighted by Gasteiger charge is -2.11. The Kier molecular flexibility index (Phi) is 20.9. The van der Waals surface area contributed by atoms with Crippen LogP contribution in [0.3, 0.4) is 0 Å². The first-order chi connectivity index (χ1) is 20.9.